The first-order chi connectivity index (χ1) is 9.15. The molecule has 0 aromatic heterocycles. The van der Waals surface area contributed by atoms with E-state index in [1.54, 1.807) is 0 Å². The first-order valence-electron chi connectivity index (χ1n) is 5.74. The van der Waals surface area contributed by atoms with Gasteiger partial charge < -0.3 is 18.8 Å². The van der Waals surface area contributed by atoms with Crippen molar-refractivity contribution in [2.75, 3.05) is 19.4 Å². The third-order valence-corrected chi connectivity index (χ3v) is 4.94. The highest BCUT2D eigenvalue weighted by molar-refractivity contribution is 7.76. The molecule has 0 saturated carbocycles. The topological polar surface area (TPSA) is 113 Å². The van der Waals surface area contributed by atoms with Gasteiger partial charge in [0.1, 0.15) is 0 Å². The SMILES string of the molecule is C=C(CCC[P+](=O)O)P(=O)(O)O.CCOP(Cl)OCC. The van der Waals surface area contributed by atoms with Gasteiger partial charge in [-0.15, -0.1) is 0 Å². The van der Waals surface area contributed by atoms with E-state index in [1.807, 2.05) is 13.8 Å². The molecular formula is C9H21ClO7P3+. The molecule has 0 aliphatic heterocycles. The molecule has 1 atom stereocenters. The fourth-order valence-corrected chi connectivity index (χ4v) is 2.75. The molecule has 0 saturated heterocycles. The van der Waals surface area contributed by atoms with Crippen LogP contribution in [-0.4, -0.2) is 34.1 Å². The van der Waals surface area contributed by atoms with Crippen LogP contribution >= 0.6 is 34.6 Å². The van der Waals surface area contributed by atoms with Crippen molar-refractivity contribution in [2.45, 2.75) is 26.7 Å². The van der Waals surface area contributed by atoms with E-state index < -0.39 is 23.4 Å². The van der Waals surface area contributed by atoms with Crippen LogP contribution in [0.3, 0.4) is 0 Å². The van der Waals surface area contributed by atoms with Crippen LogP contribution in [0.5, 0.6) is 0 Å². The third kappa shape index (κ3) is 16.6. The summed E-state index contributed by atoms with van der Waals surface area (Å²) in [6.07, 6.45) is 0.413. The summed E-state index contributed by atoms with van der Waals surface area (Å²) < 4.78 is 30.4. The molecule has 11 heteroatoms. The Morgan fingerprint density at radius 2 is 1.80 bits per heavy atom. The summed E-state index contributed by atoms with van der Waals surface area (Å²) in [5.41, 5.74) is 0. The summed E-state index contributed by atoms with van der Waals surface area (Å²) in [4.78, 5) is 25.4. The van der Waals surface area contributed by atoms with Crippen LogP contribution in [0, 0.1) is 0 Å². The van der Waals surface area contributed by atoms with Crippen LogP contribution in [0.15, 0.2) is 11.9 Å². The zero-order valence-electron chi connectivity index (χ0n) is 11.4. The number of rotatable bonds is 9. The standard InChI is InChI=1S/C5H10O5P2.C4H10ClO2P/c1-5(12(8,9)10)3-2-4-11(6)7;1-3-6-8(5)7-4-2/h1-4H2,(H2-,6,7,8,9,10);3-4H2,1-2H3/p+1. The summed E-state index contributed by atoms with van der Waals surface area (Å²) in [5, 5.41) is -0.181. The quantitative estimate of drug-likeness (QED) is 0.531. The molecule has 0 aromatic rings. The van der Waals surface area contributed by atoms with Crippen molar-refractivity contribution in [1.29, 1.82) is 0 Å². The van der Waals surface area contributed by atoms with E-state index in [0.29, 0.717) is 13.2 Å². The van der Waals surface area contributed by atoms with Crippen molar-refractivity contribution in [3.8, 4) is 0 Å². The Kier molecular flexibility index (Phi) is 15.2. The molecule has 3 N–H and O–H groups in total. The fourth-order valence-electron chi connectivity index (χ4n) is 0.804. The lowest BCUT2D eigenvalue weighted by molar-refractivity contribution is 0.282. The number of allylic oxidation sites excluding steroid dienone is 1. The van der Waals surface area contributed by atoms with Gasteiger partial charge in [-0.25, -0.2) is 0 Å². The lowest BCUT2D eigenvalue weighted by Crippen LogP contribution is -1.86. The van der Waals surface area contributed by atoms with Crippen molar-refractivity contribution >= 4 is 34.6 Å². The third-order valence-electron chi connectivity index (χ3n) is 1.69. The highest BCUT2D eigenvalue weighted by atomic mass is 35.7. The van der Waals surface area contributed by atoms with E-state index >= 15 is 0 Å². The van der Waals surface area contributed by atoms with Gasteiger partial charge in [0.15, 0.2) is 6.16 Å². The zero-order valence-corrected chi connectivity index (χ0v) is 14.9. The summed E-state index contributed by atoms with van der Waals surface area (Å²) in [5.74, 6) is 0. The van der Waals surface area contributed by atoms with Crippen LogP contribution in [0.1, 0.15) is 26.7 Å². The Morgan fingerprint density at radius 3 is 2.10 bits per heavy atom. The zero-order chi connectivity index (χ0) is 16.2. The molecule has 0 aromatic carbocycles. The number of halogens is 1. The number of hydrogen-bond acceptors (Lipinski definition) is 4. The molecule has 0 radical (unpaired) electrons. The molecule has 1 unspecified atom stereocenters. The maximum absolute atomic E-state index is 10.5. The predicted molar refractivity (Wildman–Crippen MR) is 81.1 cm³/mol. The van der Waals surface area contributed by atoms with Crippen LogP contribution in [0.25, 0.3) is 0 Å². The van der Waals surface area contributed by atoms with Gasteiger partial charge in [-0.05, 0) is 42.5 Å². The molecule has 0 bridgehead atoms. The van der Waals surface area contributed by atoms with Crippen molar-refractivity contribution in [3.63, 3.8) is 0 Å². The van der Waals surface area contributed by atoms with Gasteiger partial charge in [-0.3, -0.25) is 4.57 Å². The Hall–Kier alpha value is 0.590. The van der Waals surface area contributed by atoms with Gasteiger partial charge in [0.05, 0.1) is 13.2 Å². The molecule has 0 aliphatic rings. The molecule has 0 amide bonds. The summed E-state index contributed by atoms with van der Waals surface area (Å²) in [7, 11) is -7.51. The minimum absolute atomic E-state index is 0.0500. The fraction of sp³-hybridized carbons (Fsp3) is 0.778. The number of hydrogen-bond donors (Lipinski definition) is 3. The average molecular weight is 370 g/mol. The van der Waals surface area contributed by atoms with Crippen LogP contribution in [0.4, 0.5) is 0 Å². The normalized spacial score (nSPS) is 11.8. The van der Waals surface area contributed by atoms with Gasteiger partial charge in [-0.1, -0.05) is 6.58 Å². The molecule has 20 heavy (non-hydrogen) atoms. The lowest BCUT2D eigenvalue weighted by atomic mass is 10.3. The van der Waals surface area contributed by atoms with E-state index in [2.05, 4.69) is 6.58 Å². The Morgan fingerprint density at radius 1 is 1.35 bits per heavy atom. The maximum atomic E-state index is 10.5. The first-order valence-corrected chi connectivity index (χ1v) is 10.8. The van der Waals surface area contributed by atoms with Crippen LogP contribution in [-0.2, 0) is 18.2 Å². The van der Waals surface area contributed by atoms with Gasteiger partial charge >= 0.3 is 15.6 Å². The van der Waals surface area contributed by atoms with E-state index in [1.165, 1.54) is 0 Å². The molecule has 0 rings (SSSR count). The van der Waals surface area contributed by atoms with Crippen molar-refractivity contribution in [3.05, 3.63) is 11.9 Å². The second-order valence-corrected chi connectivity index (χ2v) is 7.98. The summed E-state index contributed by atoms with van der Waals surface area (Å²) in [6, 6.07) is 0. The van der Waals surface area contributed by atoms with Crippen molar-refractivity contribution in [2.24, 2.45) is 0 Å². The minimum Gasteiger partial charge on any atom is -0.322 e. The van der Waals surface area contributed by atoms with Gasteiger partial charge in [0.2, 0.25) is 0 Å². The average Bonchev–Trinajstić information content (AvgIpc) is 2.28. The van der Waals surface area contributed by atoms with Crippen molar-refractivity contribution in [1.82, 2.24) is 0 Å². The molecule has 0 heterocycles. The first kappa shape index (κ1) is 22.9. The molecular weight excluding hydrogens is 348 g/mol. The lowest BCUT2D eigenvalue weighted by Gasteiger charge is -2.04. The highest BCUT2D eigenvalue weighted by Crippen LogP contribution is 2.46. The second kappa shape index (κ2) is 13.3. The van der Waals surface area contributed by atoms with E-state index in [0.717, 1.165) is 0 Å². The molecule has 0 fully saturated rings. The Labute approximate surface area is 126 Å². The second-order valence-electron chi connectivity index (χ2n) is 3.34. The van der Waals surface area contributed by atoms with Gasteiger partial charge in [-0.2, -0.15) is 4.89 Å². The highest BCUT2D eigenvalue weighted by Gasteiger charge is 2.19. The van der Waals surface area contributed by atoms with E-state index in [4.69, 9.17) is 35.0 Å². The van der Waals surface area contributed by atoms with E-state index in [9.17, 15) is 9.13 Å². The van der Waals surface area contributed by atoms with Crippen molar-refractivity contribution < 1.29 is 32.9 Å². The minimum atomic E-state index is -4.19. The molecule has 7 nitrogen and oxygen atoms in total. The van der Waals surface area contributed by atoms with Crippen LogP contribution in [0.2, 0.25) is 0 Å². The predicted octanol–water partition coefficient (Wildman–Crippen LogP) is 3.72. The largest absolute Gasteiger partial charge is 0.505 e. The van der Waals surface area contributed by atoms with Crippen LogP contribution < -0.4 is 0 Å². The summed E-state index contributed by atoms with van der Waals surface area (Å²) >= 11 is 5.50. The molecule has 0 aliphatic carbocycles. The Balaban J connectivity index is 0. The smallest absolute Gasteiger partial charge is 0.322 e. The monoisotopic (exact) mass is 369 g/mol. The summed E-state index contributed by atoms with van der Waals surface area (Å²) in [6.45, 7) is 8.19. The van der Waals surface area contributed by atoms with Gasteiger partial charge in [0, 0.05) is 5.31 Å². The van der Waals surface area contributed by atoms with E-state index in [-0.39, 0.29) is 24.3 Å². The molecule has 0 spiro atoms. The van der Waals surface area contributed by atoms with Gasteiger partial charge in [0.25, 0.3) is 7.73 Å². The molecule has 120 valence electrons. The maximum Gasteiger partial charge on any atom is 0.505 e. The Bertz CT molecular complexity index is 328.